The molecule has 0 radical (unpaired) electrons. The molecule has 27 heavy (non-hydrogen) atoms. The lowest BCUT2D eigenvalue weighted by atomic mass is 10.1. The van der Waals surface area contributed by atoms with Gasteiger partial charge >= 0.3 is 0 Å². The van der Waals surface area contributed by atoms with Crippen molar-refractivity contribution in [3.8, 4) is 17.2 Å². The molecule has 0 aliphatic carbocycles. The number of aromatic nitrogens is 2. The molecule has 0 saturated carbocycles. The van der Waals surface area contributed by atoms with Gasteiger partial charge in [-0.15, -0.1) is 0 Å². The molecule has 3 aromatic rings. The Morgan fingerprint density at radius 2 is 1.93 bits per heavy atom. The monoisotopic (exact) mass is 365 g/mol. The molecule has 0 fully saturated rings. The Labute approximate surface area is 158 Å². The van der Waals surface area contributed by atoms with E-state index in [2.05, 4.69) is 39.1 Å². The smallest absolute Gasteiger partial charge is 0.203 e. The molecule has 140 valence electrons. The van der Waals surface area contributed by atoms with Gasteiger partial charge in [0.2, 0.25) is 5.75 Å². The molecule has 2 aromatic carbocycles. The summed E-state index contributed by atoms with van der Waals surface area (Å²) in [4.78, 5) is 4.09. The van der Waals surface area contributed by atoms with Crippen LogP contribution in [-0.4, -0.2) is 29.9 Å². The molecule has 0 spiro atoms. The quantitative estimate of drug-likeness (QED) is 0.698. The molecule has 0 amide bonds. The lowest BCUT2D eigenvalue weighted by Crippen LogP contribution is -2.17. The van der Waals surface area contributed by atoms with Gasteiger partial charge in [-0.25, -0.2) is 4.98 Å². The van der Waals surface area contributed by atoms with Crippen LogP contribution in [0.5, 0.6) is 17.2 Å². The Bertz CT molecular complexity index is 876. The van der Waals surface area contributed by atoms with Crippen molar-refractivity contribution in [1.82, 2.24) is 14.9 Å². The van der Waals surface area contributed by atoms with Gasteiger partial charge in [-0.3, -0.25) is 0 Å². The number of fused-ring (bicyclic) bond motifs is 1. The topological polar surface area (TPSA) is 57.5 Å². The van der Waals surface area contributed by atoms with Crippen molar-refractivity contribution < 1.29 is 14.2 Å². The summed E-state index contributed by atoms with van der Waals surface area (Å²) in [6.45, 7) is 3.45. The molecule has 6 nitrogen and oxygen atoms in total. The van der Waals surface area contributed by atoms with E-state index in [0.29, 0.717) is 24.7 Å². The van der Waals surface area contributed by atoms with Gasteiger partial charge in [0.1, 0.15) is 13.2 Å². The molecule has 0 unspecified atom stereocenters. The minimum atomic E-state index is 0.552. The van der Waals surface area contributed by atoms with Gasteiger partial charge in [0, 0.05) is 32.0 Å². The highest BCUT2D eigenvalue weighted by atomic mass is 16.6. The normalized spacial score (nSPS) is 12.8. The van der Waals surface area contributed by atoms with Crippen molar-refractivity contribution in [3.05, 3.63) is 71.8 Å². The van der Waals surface area contributed by atoms with E-state index < -0.39 is 0 Å². The van der Waals surface area contributed by atoms with Gasteiger partial charge in [0.15, 0.2) is 11.5 Å². The van der Waals surface area contributed by atoms with Crippen LogP contribution in [-0.2, 0) is 19.6 Å². The van der Waals surface area contributed by atoms with Crippen molar-refractivity contribution in [1.29, 1.82) is 0 Å². The molecule has 0 saturated heterocycles. The van der Waals surface area contributed by atoms with E-state index in [9.17, 15) is 0 Å². The summed E-state index contributed by atoms with van der Waals surface area (Å²) in [6, 6.07) is 12.6. The number of rotatable bonds is 7. The molecular formula is C21H23N3O3. The maximum atomic E-state index is 5.70. The van der Waals surface area contributed by atoms with Crippen LogP contribution in [0.3, 0.4) is 0 Å². The molecule has 1 aliphatic heterocycles. The summed E-state index contributed by atoms with van der Waals surface area (Å²) in [5.41, 5.74) is 3.61. The van der Waals surface area contributed by atoms with Crippen molar-refractivity contribution in [3.63, 3.8) is 0 Å². The number of nitrogens with zero attached hydrogens (tertiary/aromatic N) is 2. The first-order valence-corrected chi connectivity index (χ1v) is 9.02. The lowest BCUT2D eigenvalue weighted by molar-refractivity contribution is 0.165. The minimum absolute atomic E-state index is 0.552. The average Bonchev–Trinajstić information content (AvgIpc) is 3.20. The van der Waals surface area contributed by atoms with Gasteiger partial charge < -0.3 is 24.1 Å². The Balaban J connectivity index is 1.38. The molecule has 1 aromatic heterocycles. The molecule has 0 atom stereocenters. The van der Waals surface area contributed by atoms with Crippen molar-refractivity contribution in [2.75, 3.05) is 20.3 Å². The van der Waals surface area contributed by atoms with Gasteiger partial charge in [0.25, 0.3) is 0 Å². The minimum Gasteiger partial charge on any atom is -0.493 e. The van der Waals surface area contributed by atoms with E-state index >= 15 is 0 Å². The number of hydrogen-bond acceptors (Lipinski definition) is 5. The summed E-state index contributed by atoms with van der Waals surface area (Å²) in [5.74, 6) is 2.16. The van der Waals surface area contributed by atoms with Gasteiger partial charge in [-0.1, -0.05) is 24.3 Å². The predicted octanol–water partition coefficient (Wildman–Crippen LogP) is 3.00. The molecule has 1 aliphatic rings. The zero-order chi connectivity index (χ0) is 18.5. The largest absolute Gasteiger partial charge is 0.493 e. The summed E-state index contributed by atoms with van der Waals surface area (Å²) in [6.07, 6.45) is 5.60. The summed E-state index contributed by atoms with van der Waals surface area (Å²) in [5, 5.41) is 3.49. The van der Waals surface area contributed by atoms with E-state index in [1.54, 1.807) is 13.3 Å². The van der Waals surface area contributed by atoms with Crippen molar-refractivity contribution >= 4 is 0 Å². The highest BCUT2D eigenvalue weighted by molar-refractivity contribution is 5.54. The second-order valence-corrected chi connectivity index (χ2v) is 6.48. The number of hydrogen-bond donors (Lipinski definition) is 1. The number of imidazole rings is 1. The molecule has 2 heterocycles. The summed E-state index contributed by atoms with van der Waals surface area (Å²) in [7, 11) is 1.65. The zero-order valence-electron chi connectivity index (χ0n) is 15.4. The van der Waals surface area contributed by atoms with Crippen LogP contribution in [0.2, 0.25) is 0 Å². The van der Waals surface area contributed by atoms with E-state index in [-0.39, 0.29) is 0 Å². The van der Waals surface area contributed by atoms with Crippen LogP contribution in [0, 0.1) is 0 Å². The molecular weight excluding hydrogens is 342 g/mol. The van der Waals surface area contributed by atoms with E-state index in [4.69, 9.17) is 14.2 Å². The number of ether oxygens (including phenoxy) is 3. The second-order valence-electron chi connectivity index (χ2n) is 6.48. The number of benzene rings is 2. The Hall–Kier alpha value is -2.99. The van der Waals surface area contributed by atoms with Crippen molar-refractivity contribution in [2.45, 2.75) is 19.6 Å². The third-order valence-corrected chi connectivity index (χ3v) is 4.46. The molecule has 0 bridgehead atoms. The predicted molar refractivity (Wildman–Crippen MR) is 102 cm³/mol. The molecule has 1 N–H and O–H groups in total. The van der Waals surface area contributed by atoms with Crippen LogP contribution in [0.25, 0.3) is 0 Å². The fourth-order valence-corrected chi connectivity index (χ4v) is 3.21. The average molecular weight is 365 g/mol. The first kappa shape index (κ1) is 17.4. The standard InChI is InChI=1S/C21H23N3O3/c1-25-19-10-18(11-20-21(19)27-8-7-26-20)13-23-12-16-3-2-4-17(9-16)14-24-6-5-22-15-24/h2-6,9-11,15,23H,7-8,12-14H2,1H3. The van der Waals surface area contributed by atoms with E-state index in [1.165, 1.54) is 11.1 Å². The van der Waals surface area contributed by atoms with Gasteiger partial charge in [-0.2, -0.15) is 0 Å². The van der Waals surface area contributed by atoms with Gasteiger partial charge in [-0.05, 0) is 28.8 Å². The van der Waals surface area contributed by atoms with Crippen LogP contribution in [0.4, 0.5) is 0 Å². The first-order valence-electron chi connectivity index (χ1n) is 9.02. The Morgan fingerprint density at radius 3 is 2.78 bits per heavy atom. The van der Waals surface area contributed by atoms with Crippen molar-refractivity contribution in [2.24, 2.45) is 0 Å². The second kappa shape index (κ2) is 8.14. The van der Waals surface area contributed by atoms with Gasteiger partial charge in [0.05, 0.1) is 13.4 Å². The lowest BCUT2D eigenvalue weighted by Gasteiger charge is -2.21. The van der Waals surface area contributed by atoms with Crippen LogP contribution in [0.1, 0.15) is 16.7 Å². The summed E-state index contributed by atoms with van der Waals surface area (Å²) >= 11 is 0. The molecule has 6 heteroatoms. The fraction of sp³-hybridized carbons (Fsp3) is 0.286. The Morgan fingerprint density at radius 1 is 1.07 bits per heavy atom. The highest BCUT2D eigenvalue weighted by Gasteiger charge is 2.18. The fourth-order valence-electron chi connectivity index (χ4n) is 3.21. The third kappa shape index (κ3) is 4.23. The first-order chi connectivity index (χ1) is 13.3. The van der Waals surface area contributed by atoms with E-state index in [0.717, 1.165) is 30.9 Å². The van der Waals surface area contributed by atoms with Crippen LogP contribution >= 0.6 is 0 Å². The zero-order valence-corrected chi connectivity index (χ0v) is 15.4. The SMILES string of the molecule is COc1cc(CNCc2cccc(Cn3ccnc3)c2)cc2c1OCCO2. The maximum Gasteiger partial charge on any atom is 0.203 e. The number of nitrogens with one attached hydrogen (secondary N) is 1. The Kier molecular flexibility index (Phi) is 5.25. The van der Waals surface area contributed by atoms with Crippen LogP contribution < -0.4 is 19.5 Å². The highest BCUT2D eigenvalue weighted by Crippen LogP contribution is 2.40. The third-order valence-electron chi connectivity index (χ3n) is 4.46. The molecule has 4 rings (SSSR count). The number of methoxy groups -OCH3 is 1. The maximum absolute atomic E-state index is 5.70. The summed E-state index contributed by atoms with van der Waals surface area (Å²) < 4.78 is 18.9. The van der Waals surface area contributed by atoms with Crippen LogP contribution in [0.15, 0.2) is 55.1 Å². The van der Waals surface area contributed by atoms with E-state index in [1.807, 2.05) is 24.7 Å².